The van der Waals surface area contributed by atoms with Crippen LogP contribution < -0.4 is 0 Å². The Hall–Kier alpha value is -0.350. The molecule has 0 atom stereocenters. The topological polar surface area (TPSA) is 27.1 Å². The summed E-state index contributed by atoms with van der Waals surface area (Å²) >= 11 is 3.47. The molecular weight excluding hydrogens is 232 g/mol. The first kappa shape index (κ1) is 10.7. The van der Waals surface area contributed by atoms with Gasteiger partial charge in [-0.15, -0.1) is 0 Å². The molecule has 0 fully saturated rings. The van der Waals surface area contributed by atoms with E-state index in [4.69, 9.17) is 4.74 Å². The molecular formula is C9H15BrN2O. The molecule has 0 aromatic carbocycles. The third-order valence-electron chi connectivity index (χ3n) is 1.87. The highest BCUT2D eigenvalue weighted by Crippen LogP contribution is 2.18. The lowest BCUT2D eigenvalue weighted by molar-refractivity contribution is 0.199. The maximum atomic E-state index is 5.02. The molecule has 0 radical (unpaired) electrons. The maximum Gasteiger partial charge on any atom is 0.112 e. The summed E-state index contributed by atoms with van der Waals surface area (Å²) in [5, 5.41) is 0. The van der Waals surface area contributed by atoms with Gasteiger partial charge in [-0.2, -0.15) is 0 Å². The van der Waals surface area contributed by atoms with Crippen molar-refractivity contribution in [1.29, 1.82) is 0 Å². The van der Waals surface area contributed by atoms with E-state index >= 15 is 0 Å². The number of ether oxygens (including phenoxy) is 1. The molecule has 0 aliphatic heterocycles. The van der Waals surface area contributed by atoms with Crippen LogP contribution in [0.3, 0.4) is 0 Å². The number of imidazole rings is 1. The highest BCUT2D eigenvalue weighted by atomic mass is 79.9. The van der Waals surface area contributed by atoms with E-state index in [1.165, 1.54) is 0 Å². The van der Waals surface area contributed by atoms with E-state index < -0.39 is 0 Å². The van der Waals surface area contributed by atoms with Gasteiger partial charge in [0.1, 0.15) is 10.4 Å². The van der Waals surface area contributed by atoms with Crippen molar-refractivity contribution in [2.75, 3.05) is 13.7 Å². The third-order valence-corrected chi connectivity index (χ3v) is 2.46. The van der Waals surface area contributed by atoms with Gasteiger partial charge in [0.15, 0.2) is 0 Å². The SMILES string of the molecule is COCCc1ncc(Br)n1C(C)C. The fraction of sp³-hybridized carbons (Fsp3) is 0.667. The van der Waals surface area contributed by atoms with Gasteiger partial charge >= 0.3 is 0 Å². The van der Waals surface area contributed by atoms with E-state index in [-0.39, 0.29) is 0 Å². The molecule has 1 aromatic heterocycles. The number of nitrogens with zero attached hydrogens (tertiary/aromatic N) is 2. The van der Waals surface area contributed by atoms with Crippen LogP contribution in [0, 0.1) is 0 Å². The molecule has 74 valence electrons. The van der Waals surface area contributed by atoms with Gasteiger partial charge in [0.05, 0.1) is 12.8 Å². The van der Waals surface area contributed by atoms with Crippen LogP contribution >= 0.6 is 15.9 Å². The van der Waals surface area contributed by atoms with Crippen molar-refractivity contribution in [3.63, 3.8) is 0 Å². The minimum absolute atomic E-state index is 0.434. The predicted octanol–water partition coefficient (Wildman–Crippen LogP) is 2.42. The van der Waals surface area contributed by atoms with Gasteiger partial charge in [-0.25, -0.2) is 4.98 Å². The van der Waals surface area contributed by atoms with Crippen LogP contribution in [-0.4, -0.2) is 23.3 Å². The van der Waals surface area contributed by atoms with E-state index in [1.54, 1.807) is 7.11 Å². The van der Waals surface area contributed by atoms with Crippen LogP contribution in [0.15, 0.2) is 10.8 Å². The molecule has 0 N–H and O–H groups in total. The van der Waals surface area contributed by atoms with Gasteiger partial charge in [0.2, 0.25) is 0 Å². The lowest BCUT2D eigenvalue weighted by atomic mass is 10.3. The number of aromatic nitrogens is 2. The lowest BCUT2D eigenvalue weighted by Gasteiger charge is -2.12. The zero-order valence-corrected chi connectivity index (χ0v) is 9.84. The van der Waals surface area contributed by atoms with Gasteiger partial charge in [-0.05, 0) is 29.8 Å². The quantitative estimate of drug-likeness (QED) is 0.816. The van der Waals surface area contributed by atoms with Gasteiger partial charge in [0, 0.05) is 19.6 Å². The monoisotopic (exact) mass is 246 g/mol. The number of methoxy groups -OCH3 is 1. The molecule has 0 spiro atoms. The highest BCUT2D eigenvalue weighted by molar-refractivity contribution is 9.10. The smallest absolute Gasteiger partial charge is 0.112 e. The van der Waals surface area contributed by atoms with Crippen molar-refractivity contribution in [2.45, 2.75) is 26.3 Å². The number of hydrogen-bond acceptors (Lipinski definition) is 2. The van der Waals surface area contributed by atoms with Crippen molar-refractivity contribution in [3.8, 4) is 0 Å². The lowest BCUT2D eigenvalue weighted by Crippen LogP contribution is -2.09. The minimum atomic E-state index is 0.434. The number of halogens is 1. The highest BCUT2D eigenvalue weighted by Gasteiger charge is 2.09. The largest absolute Gasteiger partial charge is 0.384 e. The summed E-state index contributed by atoms with van der Waals surface area (Å²) in [5.41, 5.74) is 0. The van der Waals surface area contributed by atoms with Gasteiger partial charge in [-0.3, -0.25) is 0 Å². The molecule has 3 nitrogen and oxygen atoms in total. The van der Waals surface area contributed by atoms with Crippen LogP contribution in [0.1, 0.15) is 25.7 Å². The average molecular weight is 247 g/mol. The zero-order chi connectivity index (χ0) is 9.84. The molecule has 0 saturated heterocycles. The van der Waals surface area contributed by atoms with Crippen molar-refractivity contribution in [1.82, 2.24) is 9.55 Å². The summed E-state index contributed by atoms with van der Waals surface area (Å²) in [6.45, 7) is 5.00. The first-order valence-electron chi connectivity index (χ1n) is 4.37. The molecule has 0 bridgehead atoms. The molecule has 1 heterocycles. The Morgan fingerprint density at radius 1 is 1.62 bits per heavy atom. The van der Waals surface area contributed by atoms with Gasteiger partial charge < -0.3 is 9.30 Å². The van der Waals surface area contributed by atoms with Crippen LogP contribution in [-0.2, 0) is 11.2 Å². The average Bonchev–Trinajstić information content (AvgIpc) is 2.43. The van der Waals surface area contributed by atoms with E-state index in [9.17, 15) is 0 Å². The summed E-state index contributed by atoms with van der Waals surface area (Å²) in [6.07, 6.45) is 2.70. The van der Waals surface area contributed by atoms with Crippen LogP contribution in [0.2, 0.25) is 0 Å². The number of rotatable bonds is 4. The Morgan fingerprint density at radius 3 is 2.85 bits per heavy atom. The Labute approximate surface area is 87.2 Å². The Bertz CT molecular complexity index is 271. The molecule has 0 aliphatic rings. The maximum absolute atomic E-state index is 5.02. The van der Waals surface area contributed by atoms with Gasteiger partial charge in [0.25, 0.3) is 0 Å². The fourth-order valence-corrected chi connectivity index (χ4v) is 2.02. The van der Waals surface area contributed by atoms with Crippen molar-refractivity contribution in [3.05, 3.63) is 16.6 Å². The second-order valence-electron chi connectivity index (χ2n) is 3.20. The molecule has 1 rings (SSSR count). The van der Waals surface area contributed by atoms with Crippen LogP contribution in [0.25, 0.3) is 0 Å². The standard InChI is InChI=1S/C9H15BrN2O/c1-7(2)12-8(10)6-11-9(12)4-5-13-3/h6-7H,4-5H2,1-3H3. The van der Waals surface area contributed by atoms with E-state index in [0.717, 1.165) is 23.5 Å². The van der Waals surface area contributed by atoms with E-state index in [1.807, 2.05) is 6.20 Å². The summed E-state index contributed by atoms with van der Waals surface area (Å²) in [5.74, 6) is 1.07. The molecule has 0 aliphatic carbocycles. The summed E-state index contributed by atoms with van der Waals surface area (Å²) in [4.78, 5) is 4.31. The second-order valence-corrected chi connectivity index (χ2v) is 4.02. The molecule has 4 heteroatoms. The fourth-order valence-electron chi connectivity index (χ4n) is 1.30. The van der Waals surface area contributed by atoms with Crippen molar-refractivity contribution >= 4 is 15.9 Å². The van der Waals surface area contributed by atoms with Crippen LogP contribution in [0.4, 0.5) is 0 Å². The molecule has 13 heavy (non-hydrogen) atoms. The molecule has 0 saturated carbocycles. The summed E-state index contributed by atoms with van der Waals surface area (Å²) in [6, 6.07) is 0.434. The second kappa shape index (κ2) is 4.77. The van der Waals surface area contributed by atoms with Crippen LogP contribution in [0.5, 0.6) is 0 Å². The zero-order valence-electron chi connectivity index (χ0n) is 8.25. The normalized spacial score (nSPS) is 11.2. The van der Waals surface area contributed by atoms with E-state index in [2.05, 4.69) is 39.3 Å². The molecule has 0 amide bonds. The van der Waals surface area contributed by atoms with Crippen molar-refractivity contribution in [2.24, 2.45) is 0 Å². The predicted molar refractivity (Wildman–Crippen MR) is 55.9 cm³/mol. The van der Waals surface area contributed by atoms with Gasteiger partial charge in [-0.1, -0.05) is 0 Å². The first-order chi connectivity index (χ1) is 6.16. The minimum Gasteiger partial charge on any atom is -0.384 e. The third kappa shape index (κ3) is 2.54. The van der Waals surface area contributed by atoms with E-state index in [0.29, 0.717) is 6.04 Å². The Balaban J connectivity index is 2.81. The summed E-state index contributed by atoms with van der Waals surface area (Å²) < 4.78 is 8.22. The Morgan fingerprint density at radius 2 is 2.31 bits per heavy atom. The first-order valence-corrected chi connectivity index (χ1v) is 5.16. The molecule has 0 unspecified atom stereocenters. The Kier molecular flexibility index (Phi) is 3.93. The number of hydrogen-bond donors (Lipinski definition) is 0. The summed E-state index contributed by atoms with van der Waals surface area (Å²) in [7, 11) is 1.71. The molecule has 1 aromatic rings. The van der Waals surface area contributed by atoms with Crippen molar-refractivity contribution < 1.29 is 4.74 Å².